The lowest BCUT2D eigenvalue weighted by Crippen LogP contribution is -2.28. The minimum atomic E-state index is -3.50. The van der Waals surface area contributed by atoms with Gasteiger partial charge in [-0.15, -0.1) is 11.3 Å². The Bertz CT molecular complexity index is 557. The summed E-state index contributed by atoms with van der Waals surface area (Å²) in [7, 11) is -3.50. The summed E-state index contributed by atoms with van der Waals surface area (Å²) < 4.78 is 27.4. The molecule has 120 valence electrons. The molecule has 1 saturated carbocycles. The lowest BCUT2D eigenvalue weighted by atomic mass is 9.81. The average Bonchev–Trinajstić information content (AvgIpc) is 2.83. The van der Waals surface area contributed by atoms with Crippen molar-refractivity contribution in [1.29, 1.82) is 0 Å². The first kappa shape index (κ1) is 16.9. The van der Waals surface area contributed by atoms with E-state index in [1.54, 1.807) is 12.3 Å². The zero-order chi connectivity index (χ0) is 15.5. The highest BCUT2D eigenvalue weighted by molar-refractivity contribution is 7.89. The van der Waals surface area contributed by atoms with E-state index >= 15 is 0 Å². The van der Waals surface area contributed by atoms with Gasteiger partial charge in [0.2, 0.25) is 10.0 Å². The zero-order valence-corrected chi connectivity index (χ0v) is 14.4. The third kappa shape index (κ3) is 4.28. The molecular weight excluding hydrogens is 306 g/mol. The maximum absolute atomic E-state index is 12.4. The monoisotopic (exact) mass is 331 g/mol. The molecule has 1 aliphatic rings. The smallest absolute Gasteiger partial charge is 0.242 e. The van der Waals surface area contributed by atoms with Gasteiger partial charge in [-0.1, -0.05) is 32.6 Å². The number of nitrogens with one attached hydrogen (secondary N) is 1. The Balaban J connectivity index is 1.91. The standard InChI is InChI=1S/C15H25NO3S2/c1-11-3-5-13(6-4-11)7-8-16-21(18,19)15-12(2)10-20-14(15)9-17/h10-11,13,16-17H,3-9H2,1-2H3. The molecule has 1 aliphatic carbocycles. The lowest BCUT2D eigenvalue weighted by molar-refractivity contribution is 0.278. The second-order valence-electron chi connectivity index (χ2n) is 6.14. The van der Waals surface area contributed by atoms with Crippen LogP contribution in [0.4, 0.5) is 0 Å². The molecule has 0 amide bonds. The topological polar surface area (TPSA) is 66.4 Å². The Morgan fingerprint density at radius 1 is 1.33 bits per heavy atom. The van der Waals surface area contributed by atoms with Gasteiger partial charge in [-0.05, 0) is 36.1 Å². The van der Waals surface area contributed by atoms with Gasteiger partial charge in [0.25, 0.3) is 0 Å². The predicted molar refractivity (Wildman–Crippen MR) is 85.9 cm³/mol. The summed E-state index contributed by atoms with van der Waals surface area (Å²) in [4.78, 5) is 0.791. The molecule has 0 spiro atoms. The highest BCUT2D eigenvalue weighted by Crippen LogP contribution is 2.30. The van der Waals surface area contributed by atoms with Crippen molar-refractivity contribution in [3.05, 3.63) is 15.8 Å². The zero-order valence-electron chi connectivity index (χ0n) is 12.8. The van der Waals surface area contributed by atoms with Gasteiger partial charge in [-0.3, -0.25) is 0 Å². The Morgan fingerprint density at radius 2 is 2.00 bits per heavy atom. The van der Waals surface area contributed by atoms with E-state index in [0.717, 1.165) is 12.3 Å². The first-order valence-corrected chi connectivity index (χ1v) is 9.97. The van der Waals surface area contributed by atoms with E-state index in [9.17, 15) is 13.5 Å². The summed E-state index contributed by atoms with van der Waals surface area (Å²) in [5, 5.41) is 11.0. The first-order valence-electron chi connectivity index (χ1n) is 7.61. The third-order valence-corrected chi connectivity index (χ3v) is 7.29. The molecule has 0 aromatic carbocycles. The van der Waals surface area contributed by atoms with Crippen LogP contribution in [-0.4, -0.2) is 20.1 Å². The highest BCUT2D eigenvalue weighted by atomic mass is 32.2. The number of hydrogen-bond donors (Lipinski definition) is 2. The van der Waals surface area contributed by atoms with Crippen molar-refractivity contribution in [1.82, 2.24) is 4.72 Å². The van der Waals surface area contributed by atoms with Crippen molar-refractivity contribution in [3.8, 4) is 0 Å². The van der Waals surface area contributed by atoms with Crippen molar-refractivity contribution >= 4 is 21.4 Å². The minimum Gasteiger partial charge on any atom is -0.391 e. The van der Waals surface area contributed by atoms with Crippen molar-refractivity contribution in [2.75, 3.05) is 6.54 Å². The third-order valence-electron chi connectivity index (χ3n) is 4.38. The summed E-state index contributed by atoms with van der Waals surface area (Å²) in [6, 6.07) is 0. The van der Waals surface area contributed by atoms with Gasteiger partial charge < -0.3 is 5.11 Å². The highest BCUT2D eigenvalue weighted by Gasteiger charge is 2.23. The molecule has 2 N–H and O–H groups in total. The van der Waals surface area contributed by atoms with E-state index in [2.05, 4.69) is 11.6 Å². The van der Waals surface area contributed by atoms with E-state index in [-0.39, 0.29) is 11.5 Å². The molecule has 1 aromatic rings. The largest absolute Gasteiger partial charge is 0.391 e. The number of aliphatic hydroxyl groups excluding tert-OH is 1. The fourth-order valence-corrected chi connectivity index (χ4v) is 5.75. The van der Waals surface area contributed by atoms with Crippen molar-refractivity contribution < 1.29 is 13.5 Å². The van der Waals surface area contributed by atoms with E-state index in [1.165, 1.54) is 37.0 Å². The molecule has 0 saturated heterocycles. The number of sulfonamides is 1. The molecule has 0 aliphatic heterocycles. The van der Waals surface area contributed by atoms with Crippen LogP contribution in [0.3, 0.4) is 0 Å². The average molecular weight is 332 g/mol. The Morgan fingerprint density at radius 3 is 2.62 bits per heavy atom. The van der Waals surface area contributed by atoms with Gasteiger partial charge in [0.15, 0.2) is 0 Å². The number of aryl methyl sites for hydroxylation is 1. The molecule has 6 heteroatoms. The molecule has 1 fully saturated rings. The first-order chi connectivity index (χ1) is 9.94. The molecule has 1 aromatic heterocycles. The van der Waals surface area contributed by atoms with Crippen LogP contribution in [-0.2, 0) is 16.6 Å². The van der Waals surface area contributed by atoms with Crippen LogP contribution >= 0.6 is 11.3 Å². The summed E-state index contributed by atoms with van der Waals surface area (Å²) >= 11 is 1.30. The molecule has 2 rings (SSSR count). The summed E-state index contributed by atoms with van der Waals surface area (Å²) in [6.45, 7) is 4.32. The van der Waals surface area contributed by atoms with Crippen LogP contribution in [0.5, 0.6) is 0 Å². The number of aliphatic hydroxyl groups is 1. The summed E-state index contributed by atoms with van der Waals surface area (Å²) in [5.74, 6) is 1.46. The number of thiophene rings is 1. The van der Waals surface area contributed by atoms with Crippen LogP contribution in [0.15, 0.2) is 10.3 Å². The second kappa shape index (κ2) is 7.22. The van der Waals surface area contributed by atoms with E-state index < -0.39 is 10.0 Å². The fraction of sp³-hybridized carbons (Fsp3) is 0.733. The van der Waals surface area contributed by atoms with Crippen LogP contribution in [0.1, 0.15) is 49.5 Å². The molecule has 1 heterocycles. The lowest BCUT2D eigenvalue weighted by Gasteiger charge is -2.26. The Kier molecular flexibility index (Phi) is 5.82. The quantitative estimate of drug-likeness (QED) is 0.842. The normalized spacial score (nSPS) is 23.4. The molecule has 0 atom stereocenters. The van der Waals surface area contributed by atoms with Gasteiger partial charge in [0.05, 0.1) is 11.5 Å². The van der Waals surface area contributed by atoms with Gasteiger partial charge >= 0.3 is 0 Å². The number of hydrogen-bond acceptors (Lipinski definition) is 4. The summed E-state index contributed by atoms with van der Waals surface area (Å²) in [5.41, 5.74) is 0.711. The van der Waals surface area contributed by atoms with Crippen LogP contribution in [0, 0.1) is 18.8 Å². The van der Waals surface area contributed by atoms with Crippen molar-refractivity contribution in [2.45, 2.75) is 57.5 Å². The van der Waals surface area contributed by atoms with Gasteiger partial charge in [-0.2, -0.15) is 0 Å². The number of rotatable bonds is 6. The fourth-order valence-electron chi connectivity index (χ4n) is 3.04. The minimum absolute atomic E-state index is 0.227. The van der Waals surface area contributed by atoms with Crippen LogP contribution in [0.2, 0.25) is 0 Å². The van der Waals surface area contributed by atoms with Gasteiger partial charge in [0.1, 0.15) is 4.90 Å². The van der Waals surface area contributed by atoms with Crippen molar-refractivity contribution in [3.63, 3.8) is 0 Å². The van der Waals surface area contributed by atoms with Crippen LogP contribution < -0.4 is 4.72 Å². The molecule has 0 radical (unpaired) electrons. The van der Waals surface area contributed by atoms with E-state index in [0.29, 0.717) is 22.9 Å². The van der Waals surface area contributed by atoms with E-state index in [1.807, 2.05) is 0 Å². The van der Waals surface area contributed by atoms with Crippen LogP contribution in [0.25, 0.3) is 0 Å². The predicted octanol–water partition coefficient (Wildman–Crippen LogP) is 3.04. The SMILES string of the molecule is Cc1csc(CO)c1S(=O)(=O)NCCC1CCC(C)CC1. The molecule has 4 nitrogen and oxygen atoms in total. The van der Waals surface area contributed by atoms with Crippen molar-refractivity contribution in [2.24, 2.45) is 11.8 Å². The van der Waals surface area contributed by atoms with Gasteiger partial charge in [0, 0.05) is 6.54 Å². The molecule has 21 heavy (non-hydrogen) atoms. The molecule has 0 bridgehead atoms. The van der Waals surface area contributed by atoms with E-state index in [4.69, 9.17) is 0 Å². The Hall–Kier alpha value is -0.430. The molecular formula is C15H25NO3S2. The second-order valence-corrected chi connectivity index (χ2v) is 8.81. The summed E-state index contributed by atoms with van der Waals surface area (Å²) in [6.07, 6.45) is 5.85. The maximum Gasteiger partial charge on any atom is 0.242 e. The maximum atomic E-state index is 12.4. The molecule has 0 unspecified atom stereocenters. The Labute approximate surface area is 131 Å². The van der Waals surface area contributed by atoms with Gasteiger partial charge in [-0.25, -0.2) is 13.1 Å².